The Balaban J connectivity index is 2.04. The molecule has 7 nitrogen and oxygen atoms in total. The number of nitrogens with zero attached hydrogens (tertiary/aromatic N) is 2. The molecule has 0 spiro atoms. The molecule has 0 unspecified atom stereocenters. The van der Waals surface area contributed by atoms with Gasteiger partial charge in [-0.1, -0.05) is 52.3 Å². The van der Waals surface area contributed by atoms with Crippen LogP contribution in [0.25, 0.3) is 0 Å². The Kier molecular flexibility index (Phi) is 9.61. The number of rotatable bonds is 9. The van der Waals surface area contributed by atoms with Crippen LogP contribution in [0.3, 0.4) is 0 Å². The molecule has 0 saturated carbocycles. The van der Waals surface area contributed by atoms with Crippen LogP contribution in [0.15, 0.2) is 82.2 Å². The topological polar surface area (TPSA) is 86.8 Å². The number of carbonyl (C=O) groups excluding carboxylic acids is 2. The number of anilines is 1. The molecule has 9 heteroatoms. The van der Waals surface area contributed by atoms with Crippen LogP contribution >= 0.6 is 15.9 Å². The second-order valence-electron chi connectivity index (χ2n) is 10.7. The van der Waals surface area contributed by atoms with Gasteiger partial charge in [-0.3, -0.25) is 13.9 Å². The molecule has 0 aliphatic carbocycles. The van der Waals surface area contributed by atoms with Gasteiger partial charge < -0.3 is 10.2 Å². The highest BCUT2D eigenvalue weighted by Crippen LogP contribution is 2.26. The van der Waals surface area contributed by atoms with Gasteiger partial charge in [0, 0.05) is 16.6 Å². The molecule has 3 aromatic rings. The van der Waals surface area contributed by atoms with Crippen LogP contribution in [0.2, 0.25) is 0 Å². The number of carbonyl (C=O) groups is 2. The van der Waals surface area contributed by atoms with E-state index >= 15 is 0 Å². The van der Waals surface area contributed by atoms with Crippen LogP contribution in [-0.2, 0) is 26.2 Å². The number of sulfonamides is 1. The molecular weight excluding hydrogens is 578 g/mol. The molecule has 0 fully saturated rings. The summed E-state index contributed by atoms with van der Waals surface area (Å²) < 4.78 is 29.7. The molecule has 0 bridgehead atoms. The lowest BCUT2D eigenvalue weighted by molar-refractivity contribution is -0.140. The molecule has 3 aromatic carbocycles. The predicted octanol–water partition coefficient (Wildman–Crippen LogP) is 5.59. The van der Waals surface area contributed by atoms with E-state index < -0.39 is 34.1 Å². The van der Waals surface area contributed by atoms with Gasteiger partial charge in [0.25, 0.3) is 10.0 Å². The summed E-state index contributed by atoms with van der Waals surface area (Å²) >= 11 is 3.42. The number of benzene rings is 3. The summed E-state index contributed by atoms with van der Waals surface area (Å²) in [5.41, 5.74) is 2.60. The smallest absolute Gasteiger partial charge is 0.264 e. The summed E-state index contributed by atoms with van der Waals surface area (Å²) in [6.07, 6.45) is 0. The zero-order chi connectivity index (χ0) is 29.0. The molecule has 208 valence electrons. The summed E-state index contributed by atoms with van der Waals surface area (Å²) in [6.45, 7) is 10.8. The van der Waals surface area contributed by atoms with E-state index in [1.165, 1.54) is 17.0 Å². The molecule has 1 N–H and O–H groups in total. The van der Waals surface area contributed by atoms with E-state index in [-0.39, 0.29) is 17.3 Å². The molecule has 1 atom stereocenters. The van der Waals surface area contributed by atoms with Gasteiger partial charge in [0.15, 0.2) is 0 Å². The number of hydrogen-bond donors (Lipinski definition) is 1. The van der Waals surface area contributed by atoms with Gasteiger partial charge in [-0.25, -0.2) is 8.42 Å². The predicted molar refractivity (Wildman–Crippen MR) is 159 cm³/mol. The number of halogens is 1. The SMILES string of the molecule is Cc1ccc(N(CC(=O)N(Cc2ccc(Br)cc2)[C@@H](C)C(=O)NC(C)(C)C)S(=O)(=O)c2ccccc2)cc1C. The maximum absolute atomic E-state index is 14.0. The fourth-order valence-corrected chi connectivity index (χ4v) is 5.66. The van der Waals surface area contributed by atoms with Crippen molar-refractivity contribution in [2.24, 2.45) is 0 Å². The van der Waals surface area contributed by atoms with Crippen molar-refractivity contribution in [1.82, 2.24) is 10.2 Å². The second kappa shape index (κ2) is 12.3. The number of aryl methyl sites for hydroxylation is 2. The largest absolute Gasteiger partial charge is 0.350 e. The van der Waals surface area contributed by atoms with Crippen molar-refractivity contribution in [3.05, 3.63) is 94.0 Å². The third kappa shape index (κ3) is 7.92. The van der Waals surface area contributed by atoms with Crippen molar-refractivity contribution < 1.29 is 18.0 Å². The number of nitrogens with one attached hydrogen (secondary N) is 1. The number of amides is 2. The Bertz CT molecular complexity index is 1420. The van der Waals surface area contributed by atoms with Crippen molar-refractivity contribution in [3.8, 4) is 0 Å². The Morgan fingerprint density at radius 3 is 2.10 bits per heavy atom. The van der Waals surface area contributed by atoms with E-state index in [4.69, 9.17) is 0 Å². The van der Waals surface area contributed by atoms with Crippen molar-refractivity contribution in [1.29, 1.82) is 0 Å². The molecular formula is C30H36BrN3O4S. The average Bonchev–Trinajstić information content (AvgIpc) is 2.87. The Hall–Kier alpha value is -3.17. The maximum atomic E-state index is 14.0. The van der Waals surface area contributed by atoms with Crippen LogP contribution in [-0.4, -0.2) is 43.3 Å². The van der Waals surface area contributed by atoms with Gasteiger partial charge in [0.1, 0.15) is 12.6 Å². The minimum atomic E-state index is -4.09. The average molecular weight is 615 g/mol. The minimum absolute atomic E-state index is 0.0778. The molecule has 0 heterocycles. The zero-order valence-electron chi connectivity index (χ0n) is 23.2. The number of hydrogen-bond acceptors (Lipinski definition) is 4. The van der Waals surface area contributed by atoms with Crippen LogP contribution in [0, 0.1) is 13.8 Å². The molecule has 0 aliphatic heterocycles. The highest BCUT2D eigenvalue weighted by molar-refractivity contribution is 9.10. The van der Waals surface area contributed by atoms with Gasteiger partial charge in [0.2, 0.25) is 11.8 Å². The summed E-state index contributed by atoms with van der Waals surface area (Å²) in [6, 6.07) is 19.9. The molecule has 0 aromatic heterocycles. The second-order valence-corrected chi connectivity index (χ2v) is 13.4. The van der Waals surface area contributed by atoms with Crippen LogP contribution in [0.5, 0.6) is 0 Å². The Morgan fingerprint density at radius 2 is 1.54 bits per heavy atom. The Morgan fingerprint density at radius 1 is 0.923 bits per heavy atom. The van der Waals surface area contributed by atoms with Crippen LogP contribution in [0.1, 0.15) is 44.4 Å². The lowest BCUT2D eigenvalue weighted by atomic mass is 10.1. The first kappa shape index (κ1) is 30.4. The Labute approximate surface area is 240 Å². The van der Waals surface area contributed by atoms with E-state index in [9.17, 15) is 18.0 Å². The first-order chi connectivity index (χ1) is 18.2. The minimum Gasteiger partial charge on any atom is -0.350 e. The zero-order valence-corrected chi connectivity index (χ0v) is 25.6. The van der Waals surface area contributed by atoms with Gasteiger partial charge in [-0.2, -0.15) is 0 Å². The summed E-state index contributed by atoms with van der Waals surface area (Å²) in [4.78, 5) is 28.6. The molecule has 0 saturated heterocycles. The van der Waals surface area contributed by atoms with Crippen LogP contribution in [0.4, 0.5) is 5.69 Å². The first-order valence-corrected chi connectivity index (χ1v) is 14.9. The highest BCUT2D eigenvalue weighted by atomic mass is 79.9. The molecule has 0 radical (unpaired) electrons. The fraction of sp³-hybridized carbons (Fsp3) is 0.333. The summed E-state index contributed by atoms with van der Waals surface area (Å²) in [5.74, 6) is -0.816. The maximum Gasteiger partial charge on any atom is 0.264 e. The lowest BCUT2D eigenvalue weighted by Gasteiger charge is -2.33. The van der Waals surface area contributed by atoms with E-state index in [0.29, 0.717) is 5.69 Å². The molecule has 2 amide bonds. The third-order valence-electron chi connectivity index (χ3n) is 6.32. The third-order valence-corrected chi connectivity index (χ3v) is 8.64. The van der Waals surface area contributed by atoms with Gasteiger partial charge >= 0.3 is 0 Å². The van der Waals surface area contributed by atoms with Gasteiger partial charge in [0.05, 0.1) is 10.6 Å². The molecule has 0 aliphatic rings. The summed E-state index contributed by atoms with van der Waals surface area (Å²) in [5, 5.41) is 2.93. The first-order valence-electron chi connectivity index (χ1n) is 12.7. The summed E-state index contributed by atoms with van der Waals surface area (Å²) in [7, 11) is -4.09. The fourth-order valence-electron chi connectivity index (χ4n) is 3.97. The van der Waals surface area contributed by atoms with E-state index in [1.807, 2.05) is 65.0 Å². The quantitative estimate of drug-likeness (QED) is 0.341. The normalized spacial score (nSPS) is 12.5. The monoisotopic (exact) mass is 613 g/mol. The van der Waals surface area contributed by atoms with E-state index in [2.05, 4.69) is 21.2 Å². The van der Waals surface area contributed by atoms with Crippen LogP contribution < -0.4 is 9.62 Å². The van der Waals surface area contributed by atoms with Crippen molar-refractivity contribution in [2.75, 3.05) is 10.8 Å². The van der Waals surface area contributed by atoms with Crippen molar-refractivity contribution in [2.45, 2.75) is 64.6 Å². The van der Waals surface area contributed by atoms with Crippen molar-refractivity contribution >= 4 is 43.5 Å². The molecule has 3 rings (SSSR count). The highest BCUT2D eigenvalue weighted by Gasteiger charge is 2.33. The molecule has 39 heavy (non-hydrogen) atoms. The van der Waals surface area contributed by atoms with E-state index in [1.54, 1.807) is 37.3 Å². The standard InChI is InChI=1S/C30H36BrN3O4S/c1-21-12-17-26(18-22(21)2)34(39(37,38)27-10-8-7-9-11-27)20-28(35)33(19-24-13-15-25(31)16-14-24)23(3)29(36)32-30(4,5)6/h7-18,23H,19-20H2,1-6H3,(H,32,36)/t23-/m0/s1. The van der Waals surface area contributed by atoms with Gasteiger partial charge in [-0.15, -0.1) is 0 Å². The van der Waals surface area contributed by atoms with Crippen molar-refractivity contribution in [3.63, 3.8) is 0 Å². The van der Waals surface area contributed by atoms with Gasteiger partial charge in [-0.05, 0) is 94.6 Å². The lowest BCUT2D eigenvalue weighted by Crippen LogP contribution is -2.54. The van der Waals surface area contributed by atoms with E-state index in [0.717, 1.165) is 25.5 Å².